The number of hydrogen-bond acceptors (Lipinski definition) is 8. The van der Waals surface area contributed by atoms with Gasteiger partial charge in [0.25, 0.3) is 0 Å². The van der Waals surface area contributed by atoms with Crippen molar-refractivity contribution in [2.45, 2.75) is 57.5 Å². The van der Waals surface area contributed by atoms with Gasteiger partial charge < -0.3 is 14.2 Å². The van der Waals surface area contributed by atoms with Crippen LogP contribution in [-0.2, 0) is 23.8 Å². The van der Waals surface area contributed by atoms with E-state index < -0.39 is 35.7 Å². The second-order valence-corrected chi connectivity index (χ2v) is 6.09. The van der Waals surface area contributed by atoms with E-state index in [-0.39, 0.29) is 32.7 Å². The Bertz CT molecular complexity index is 569. The molecule has 1 aliphatic heterocycles. The Kier molecular flexibility index (Phi) is 8.15. The first-order chi connectivity index (χ1) is 12.3. The van der Waals surface area contributed by atoms with E-state index in [1.54, 1.807) is 0 Å². The van der Waals surface area contributed by atoms with Crippen LogP contribution in [0.3, 0.4) is 0 Å². The van der Waals surface area contributed by atoms with E-state index in [0.717, 1.165) is 4.90 Å². The predicted molar refractivity (Wildman–Crippen MR) is 86.9 cm³/mol. The third kappa shape index (κ3) is 5.50. The second kappa shape index (κ2) is 9.84. The Morgan fingerprint density at radius 3 is 1.42 bits per heavy atom. The number of hydrogen-bond donors (Lipinski definition) is 0. The van der Waals surface area contributed by atoms with Gasteiger partial charge in [-0.15, -0.1) is 0 Å². The van der Waals surface area contributed by atoms with Crippen LogP contribution >= 0.6 is 0 Å². The summed E-state index contributed by atoms with van der Waals surface area (Å²) in [6.07, 6.45) is -2.26. The molecule has 26 heavy (non-hydrogen) atoms. The van der Waals surface area contributed by atoms with Crippen molar-refractivity contribution in [1.29, 1.82) is 15.8 Å². The van der Waals surface area contributed by atoms with Gasteiger partial charge in [-0.3, -0.25) is 14.5 Å². The van der Waals surface area contributed by atoms with E-state index in [0.29, 0.717) is 0 Å². The van der Waals surface area contributed by atoms with Gasteiger partial charge >= 0.3 is 0 Å². The van der Waals surface area contributed by atoms with Gasteiger partial charge in [-0.25, -0.2) is 0 Å². The van der Waals surface area contributed by atoms with Gasteiger partial charge in [0.2, 0.25) is 11.8 Å². The van der Waals surface area contributed by atoms with Crippen molar-refractivity contribution in [2.75, 3.05) is 19.8 Å². The Labute approximate surface area is 152 Å². The van der Waals surface area contributed by atoms with Crippen molar-refractivity contribution < 1.29 is 23.8 Å². The number of carbonyl (C=O) groups excluding carboxylic acids is 2. The maximum Gasteiger partial charge on any atom is 0.230 e. The lowest BCUT2D eigenvalue weighted by Crippen LogP contribution is -2.61. The van der Waals surface area contributed by atoms with E-state index in [9.17, 15) is 9.59 Å². The number of rotatable bonds is 10. The molecule has 0 spiro atoms. The van der Waals surface area contributed by atoms with Crippen molar-refractivity contribution >= 4 is 11.8 Å². The van der Waals surface area contributed by atoms with Gasteiger partial charge in [-0.2, -0.15) is 15.8 Å². The lowest BCUT2D eigenvalue weighted by Gasteiger charge is -2.40. The van der Waals surface area contributed by atoms with Crippen LogP contribution in [0.1, 0.15) is 33.6 Å². The number of carbonyl (C=O) groups is 2. The Balaban J connectivity index is 3.18. The molecule has 1 saturated heterocycles. The third-order valence-corrected chi connectivity index (χ3v) is 3.88. The Hall–Kier alpha value is -2.51. The van der Waals surface area contributed by atoms with Crippen LogP contribution < -0.4 is 0 Å². The number of nitrogens with zero attached hydrogens (tertiary/aromatic N) is 4. The van der Waals surface area contributed by atoms with Crippen LogP contribution in [0.2, 0.25) is 0 Å². The van der Waals surface area contributed by atoms with Crippen molar-refractivity contribution in [1.82, 2.24) is 4.90 Å². The summed E-state index contributed by atoms with van der Waals surface area (Å²) >= 11 is 0. The standard InChI is InChI=1S/C17H22N4O5/c1-12(6-18)24-9-17(10-25-13(2)7-19,11-26-14(3)8-20)21-15(22)4-5-16(21)23/h12-14H,4-5,9-11H2,1-3H3. The van der Waals surface area contributed by atoms with Gasteiger partial charge in [0, 0.05) is 12.8 Å². The fourth-order valence-electron chi connectivity index (χ4n) is 2.38. The number of imide groups is 1. The van der Waals surface area contributed by atoms with E-state index in [4.69, 9.17) is 30.0 Å². The van der Waals surface area contributed by atoms with E-state index in [2.05, 4.69) is 0 Å². The monoisotopic (exact) mass is 362 g/mol. The fraction of sp³-hybridized carbons (Fsp3) is 0.706. The van der Waals surface area contributed by atoms with Crippen LogP contribution in [0.15, 0.2) is 0 Å². The molecule has 0 radical (unpaired) electrons. The molecule has 140 valence electrons. The predicted octanol–water partition coefficient (Wildman–Crippen LogP) is 0.660. The third-order valence-electron chi connectivity index (χ3n) is 3.88. The zero-order chi connectivity index (χ0) is 19.7. The first-order valence-electron chi connectivity index (χ1n) is 8.19. The molecule has 1 heterocycles. The minimum Gasteiger partial charge on any atom is -0.361 e. The summed E-state index contributed by atoms with van der Waals surface area (Å²) in [5, 5.41) is 26.8. The summed E-state index contributed by atoms with van der Waals surface area (Å²) in [6.45, 7) is 3.93. The van der Waals surface area contributed by atoms with Crippen LogP contribution in [0.4, 0.5) is 0 Å². The van der Waals surface area contributed by atoms with Gasteiger partial charge in [0.05, 0.1) is 38.0 Å². The highest BCUT2D eigenvalue weighted by Crippen LogP contribution is 2.27. The molecule has 0 bridgehead atoms. The van der Waals surface area contributed by atoms with E-state index in [1.807, 2.05) is 18.2 Å². The summed E-state index contributed by atoms with van der Waals surface area (Å²) in [6, 6.07) is 5.72. The lowest BCUT2D eigenvalue weighted by molar-refractivity contribution is -0.162. The Morgan fingerprint density at radius 1 is 0.846 bits per heavy atom. The molecule has 0 aromatic carbocycles. The van der Waals surface area contributed by atoms with E-state index in [1.165, 1.54) is 20.8 Å². The minimum absolute atomic E-state index is 0.0516. The largest absolute Gasteiger partial charge is 0.361 e. The molecule has 9 nitrogen and oxygen atoms in total. The molecule has 1 fully saturated rings. The van der Waals surface area contributed by atoms with Gasteiger partial charge in [-0.05, 0) is 20.8 Å². The average Bonchev–Trinajstić information content (AvgIpc) is 2.99. The summed E-state index contributed by atoms with van der Waals surface area (Å²) in [7, 11) is 0. The van der Waals surface area contributed by atoms with Gasteiger partial charge in [0.1, 0.15) is 23.9 Å². The molecule has 9 heteroatoms. The Morgan fingerprint density at radius 2 is 1.15 bits per heavy atom. The second-order valence-electron chi connectivity index (χ2n) is 6.09. The average molecular weight is 362 g/mol. The highest BCUT2D eigenvalue weighted by atomic mass is 16.5. The van der Waals surface area contributed by atoms with Crippen molar-refractivity contribution in [3.63, 3.8) is 0 Å². The maximum atomic E-state index is 12.3. The topological polar surface area (TPSA) is 136 Å². The molecular weight excluding hydrogens is 340 g/mol. The lowest BCUT2D eigenvalue weighted by atomic mass is 10.00. The first-order valence-corrected chi connectivity index (χ1v) is 8.19. The molecule has 3 unspecified atom stereocenters. The van der Waals surface area contributed by atoms with Crippen LogP contribution in [0, 0.1) is 34.0 Å². The van der Waals surface area contributed by atoms with Crippen LogP contribution in [-0.4, -0.2) is 60.4 Å². The molecule has 1 aliphatic rings. The summed E-state index contributed by atoms with van der Waals surface area (Å²) in [5.74, 6) is -0.825. The first kappa shape index (κ1) is 21.5. The van der Waals surface area contributed by atoms with Gasteiger partial charge in [0.15, 0.2) is 0 Å². The van der Waals surface area contributed by atoms with Gasteiger partial charge in [-0.1, -0.05) is 0 Å². The van der Waals surface area contributed by atoms with Crippen molar-refractivity contribution in [3.05, 3.63) is 0 Å². The number of ether oxygens (including phenoxy) is 3. The molecule has 3 atom stereocenters. The molecule has 2 amide bonds. The van der Waals surface area contributed by atoms with Crippen LogP contribution in [0.25, 0.3) is 0 Å². The zero-order valence-electron chi connectivity index (χ0n) is 15.1. The quantitative estimate of drug-likeness (QED) is 0.517. The molecule has 0 aromatic rings. The summed E-state index contributed by atoms with van der Waals surface area (Å²) < 4.78 is 16.4. The number of nitriles is 3. The van der Waals surface area contributed by atoms with E-state index >= 15 is 0 Å². The fourth-order valence-corrected chi connectivity index (χ4v) is 2.38. The summed E-state index contributed by atoms with van der Waals surface area (Å²) in [4.78, 5) is 25.7. The molecular formula is C17H22N4O5. The smallest absolute Gasteiger partial charge is 0.230 e. The minimum atomic E-state index is -1.37. The normalized spacial score (nSPS) is 19.8. The molecule has 0 aromatic heterocycles. The molecule has 0 saturated carbocycles. The molecule has 0 N–H and O–H groups in total. The van der Waals surface area contributed by atoms with Crippen LogP contribution in [0.5, 0.6) is 0 Å². The highest BCUT2D eigenvalue weighted by molar-refractivity contribution is 6.02. The maximum absolute atomic E-state index is 12.3. The molecule has 1 rings (SSSR count). The highest BCUT2D eigenvalue weighted by Gasteiger charge is 2.48. The zero-order valence-corrected chi connectivity index (χ0v) is 15.1. The number of likely N-dealkylation sites (tertiary alicyclic amines) is 1. The van der Waals surface area contributed by atoms with Crippen molar-refractivity contribution in [3.8, 4) is 18.2 Å². The SMILES string of the molecule is CC(C#N)OCC(COC(C)C#N)(COC(C)C#N)N1C(=O)CCC1=O. The number of amides is 2. The summed E-state index contributed by atoms with van der Waals surface area (Å²) in [5.41, 5.74) is -1.37. The van der Waals surface area contributed by atoms with Crippen molar-refractivity contribution in [2.24, 2.45) is 0 Å². The molecule has 0 aliphatic carbocycles.